The van der Waals surface area contributed by atoms with Gasteiger partial charge in [-0.2, -0.15) is 4.39 Å². The van der Waals surface area contributed by atoms with E-state index in [1.165, 1.54) is 12.1 Å². The zero-order chi connectivity index (χ0) is 12.0. The van der Waals surface area contributed by atoms with E-state index in [9.17, 15) is 8.78 Å². The van der Waals surface area contributed by atoms with Gasteiger partial charge in [0.05, 0.1) is 12.6 Å². The second-order valence-electron chi connectivity index (χ2n) is 3.30. The van der Waals surface area contributed by atoms with Gasteiger partial charge in [0.15, 0.2) is 11.6 Å². The molecular formula is C11H15F2NO2. The van der Waals surface area contributed by atoms with Crippen LogP contribution < -0.4 is 10.1 Å². The van der Waals surface area contributed by atoms with Crippen LogP contribution in [0.4, 0.5) is 8.78 Å². The lowest BCUT2D eigenvalue weighted by Gasteiger charge is -2.16. The summed E-state index contributed by atoms with van der Waals surface area (Å²) in [6.07, 6.45) is 0. The molecule has 0 amide bonds. The third-order valence-corrected chi connectivity index (χ3v) is 2.07. The van der Waals surface area contributed by atoms with Gasteiger partial charge in [-0.25, -0.2) is 4.39 Å². The molecule has 1 aromatic rings. The van der Waals surface area contributed by atoms with Crippen LogP contribution in [0.2, 0.25) is 0 Å². The molecule has 1 unspecified atom stereocenters. The number of ether oxygens (including phenoxy) is 1. The topological polar surface area (TPSA) is 41.5 Å². The number of halogens is 2. The van der Waals surface area contributed by atoms with Gasteiger partial charge in [-0.3, -0.25) is 0 Å². The first-order valence-corrected chi connectivity index (χ1v) is 5.10. The van der Waals surface area contributed by atoms with E-state index < -0.39 is 11.6 Å². The summed E-state index contributed by atoms with van der Waals surface area (Å²) in [4.78, 5) is 0. The van der Waals surface area contributed by atoms with Gasteiger partial charge in [0.1, 0.15) is 6.61 Å². The quantitative estimate of drug-likeness (QED) is 0.775. The summed E-state index contributed by atoms with van der Waals surface area (Å²) in [5.74, 6) is -2.09. The predicted molar refractivity (Wildman–Crippen MR) is 56.4 cm³/mol. The van der Waals surface area contributed by atoms with Crippen molar-refractivity contribution in [1.82, 2.24) is 5.32 Å². The molecule has 0 heterocycles. The van der Waals surface area contributed by atoms with Crippen molar-refractivity contribution in [1.29, 1.82) is 0 Å². The Kier molecular flexibility index (Phi) is 5.14. The fraction of sp³-hybridized carbons (Fsp3) is 0.455. The van der Waals surface area contributed by atoms with E-state index >= 15 is 0 Å². The standard InChI is InChI=1S/C11H15F2NO2/c1-2-14-8(6-15)7-16-10-5-3-4-9(12)11(10)13/h3-5,8,14-15H,2,6-7H2,1H3. The minimum absolute atomic E-state index is 0.0880. The molecule has 0 saturated heterocycles. The second kappa shape index (κ2) is 6.40. The lowest BCUT2D eigenvalue weighted by Crippen LogP contribution is -2.37. The number of nitrogens with one attached hydrogen (secondary N) is 1. The molecule has 0 aliphatic rings. The Hall–Kier alpha value is -1.20. The molecule has 0 radical (unpaired) electrons. The van der Waals surface area contributed by atoms with Gasteiger partial charge in [0.25, 0.3) is 0 Å². The molecule has 1 atom stereocenters. The van der Waals surface area contributed by atoms with Crippen LogP contribution in [-0.2, 0) is 0 Å². The summed E-state index contributed by atoms with van der Waals surface area (Å²) in [6, 6.07) is 3.46. The SMILES string of the molecule is CCNC(CO)COc1cccc(F)c1F. The summed E-state index contributed by atoms with van der Waals surface area (Å²) in [5.41, 5.74) is 0. The maximum atomic E-state index is 13.2. The minimum atomic E-state index is -1.00. The Labute approximate surface area is 93.0 Å². The van der Waals surface area contributed by atoms with Crippen molar-refractivity contribution in [3.05, 3.63) is 29.8 Å². The van der Waals surface area contributed by atoms with Crippen molar-refractivity contribution in [3.63, 3.8) is 0 Å². The molecule has 5 heteroatoms. The predicted octanol–water partition coefficient (Wildman–Crippen LogP) is 1.31. The fourth-order valence-electron chi connectivity index (χ4n) is 1.25. The number of likely N-dealkylation sites (N-methyl/N-ethyl adjacent to an activating group) is 1. The Morgan fingerprint density at radius 1 is 1.44 bits per heavy atom. The van der Waals surface area contributed by atoms with Gasteiger partial charge >= 0.3 is 0 Å². The van der Waals surface area contributed by atoms with Gasteiger partial charge in [0, 0.05) is 0 Å². The third-order valence-electron chi connectivity index (χ3n) is 2.07. The van der Waals surface area contributed by atoms with Crippen LogP contribution in [0.3, 0.4) is 0 Å². The summed E-state index contributed by atoms with van der Waals surface area (Å²) < 4.78 is 31.1. The molecule has 0 aliphatic carbocycles. The van der Waals surface area contributed by atoms with Gasteiger partial charge in [0.2, 0.25) is 5.82 Å². The first-order valence-electron chi connectivity index (χ1n) is 5.10. The highest BCUT2D eigenvalue weighted by molar-refractivity contribution is 5.25. The number of benzene rings is 1. The largest absolute Gasteiger partial charge is 0.489 e. The fourth-order valence-corrected chi connectivity index (χ4v) is 1.25. The van der Waals surface area contributed by atoms with Gasteiger partial charge < -0.3 is 15.2 Å². The van der Waals surface area contributed by atoms with E-state index in [0.717, 1.165) is 6.07 Å². The summed E-state index contributed by atoms with van der Waals surface area (Å²) in [5, 5.41) is 11.9. The lowest BCUT2D eigenvalue weighted by molar-refractivity contribution is 0.180. The average Bonchev–Trinajstić information content (AvgIpc) is 2.29. The van der Waals surface area contributed by atoms with E-state index in [0.29, 0.717) is 6.54 Å². The van der Waals surface area contributed by atoms with Crippen molar-refractivity contribution in [2.24, 2.45) is 0 Å². The number of hydrogen-bond acceptors (Lipinski definition) is 3. The van der Waals surface area contributed by atoms with Crippen molar-refractivity contribution in [2.75, 3.05) is 19.8 Å². The zero-order valence-electron chi connectivity index (χ0n) is 9.04. The van der Waals surface area contributed by atoms with E-state index in [4.69, 9.17) is 9.84 Å². The molecule has 0 aromatic heterocycles. The van der Waals surface area contributed by atoms with Crippen LogP contribution >= 0.6 is 0 Å². The Balaban J connectivity index is 2.56. The Bertz CT molecular complexity index is 334. The Morgan fingerprint density at radius 2 is 2.19 bits per heavy atom. The van der Waals surface area contributed by atoms with Gasteiger partial charge in [-0.05, 0) is 18.7 Å². The van der Waals surface area contributed by atoms with E-state index in [1.807, 2.05) is 6.92 Å². The molecule has 0 saturated carbocycles. The second-order valence-corrected chi connectivity index (χ2v) is 3.30. The summed E-state index contributed by atoms with van der Waals surface area (Å²) in [6.45, 7) is 2.52. The smallest absolute Gasteiger partial charge is 0.200 e. The van der Waals surface area contributed by atoms with Gasteiger partial charge in [-0.1, -0.05) is 13.0 Å². The molecule has 1 aromatic carbocycles. The first-order chi connectivity index (χ1) is 7.69. The third kappa shape index (κ3) is 3.43. The monoisotopic (exact) mass is 231 g/mol. The van der Waals surface area contributed by atoms with Crippen molar-refractivity contribution in [3.8, 4) is 5.75 Å². The van der Waals surface area contributed by atoms with E-state index in [2.05, 4.69) is 5.32 Å². The molecule has 2 N–H and O–H groups in total. The number of aliphatic hydroxyl groups is 1. The molecule has 16 heavy (non-hydrogen) atoms. The molecule has 3 nitrogen and oxygen atoms in total. The zero-order valence-corrected chi connectivity index (χ0v) is 9.04. The van der Waals surface area contributed by atoms with Crippen LogP contribution in [-0.4, -0.2) is 30.9 Å². The maximum Gasteiger partial charge on any atom is 0.200 e. The molecule has 0 spiro atoms. The first kappa shape index (κ1) is 12.9. The molecule has 0 aliphatic heterocycles. The summed E-state index contributed by atoms with van der Waals surface area (Å²) >= 11 is 0. The molecule has 1 rings (SSSR count). The highest BCUT2D eigenvalue weighted by Crippen LogP contribution is 2.19. The molecular weight excluding hydrogens is 216 g/mol. The highest BCUT2D eigenvalue weighted by atomic mass is 19.2. The van der Waals surface area contributed by atoms with E-state index in [1.54, 1.807) is 0 Å². The number of hydrogen-bond donors (Lipinski definition) is 2. The Morgan fingerprint density at radius 3 is 2.81 bits per heavy atom. The van der Waals surface area contributed by atoms with Crippen LogP contribution in [0.1, 0.15) is 6.92 Å². The summed E-state index contributed by atoms with van der Waals surface area (Å²) in [7, 11) is 0. The van der Waals surface area contributed by atoms with Crippen molar-refractivity contribution >= 4 is 0 Å². The molecule has 0 bridgehead atoms. The molecule has 90 valence electrons. The number of rotatable bonds is 6. The number of aliphatic hydroxyl groups excluding tert-OH is 1. The normalized spacial score (nSPS) is 12.5. The minimum Gasteiger partial charge on any atom is -0.489 e. The molecule has 0 fully saturated rings. The van der Waals surface area contributed by atoms with Crippen LogP contribution in [0.15, 0.2) is 18.2 Å². The van der Waals surface area contributed by atoms with Gasteiger partial charge in [-0.15, -0.1) is 0 Å². The maximum absolute atomic E-state index is 13.2. The average molecular weight is 231 g/mol. The van der Waals surface area contributed by atoms with Crippen LogP contribution in [0.5, 0.6) is 5.75 Å². The van der Waals surface area contributed by atoms with Crippen molar-refractivity contribution in [2.45, 2.75) is 13.0 Å². The van der Waals surface area contributed by atoms with Crippen LogP contribution in [0.25, 0.3) is 0 Å². The van der Waals surface area contributed by atoms with Crippen LogP contribution in [0, 0.1) is 11.6 Å². The highest BCUT2D eigenvalue weighted by Gasteiger charge is 2.11. The van der Waals surface area contributed by atoms with E-state index in [-0.39, 0.29) is 25.0 Å². The lowest BCUT2D eigenvalue weighted by atomic mass is 10.3. The van der Waals surface area contributed by atoms with Crippen molar-refractivity contribution < 1.29 is 18.6 Å².